The van der Waals surface area contributed by atoms with Gasteiger partial charge in [0.25, 0.3) is 5.91 Å². The zero-order valence-electron chi connectivity index (χ0n) is 21.4. The van der Waals surface area contributed by atoms with E-state index in [1.807, 2.05) is 0 Å². The first kappa shape index (κ1) is 27.4. The van der Waals surface area contributed by atoms with Crippen molar-refractivity contribution in [1.29, 1.82) is 0 Å². The number of piperidine rings is 2. The lowest BCUT2D eigenvalue weighted by atomic mass is 9.77. The van der Waals surface area contributed by atoms with Gasteiger partial charge < -0.3 is 20.1 Å². The van der Waals surface area contributed by atoms with Crippen molar-refractivity contribution in [3.05, 3.63) is 29.8 Å². The zero-order chi connectivity index (χ0) is 27.9. The fourth-order valence-electron chi connectivity index (χ4n) is 6.21. The van der Waals surface area contributed by atoms with Gasteiger partial charge in [0.2, 0.25) is 11.8 Å². The Morgan fingerprint density at radius 3 is 2.44 bits per heavy atom. The van der Waals surface area contributed by atoms with E-state index in [4.69, 9.17) is 4.74 Å². The number of amides is 2. The van der Waals surface area contributed by atoms with E-state index < -0.39 is 36.5 Å². The number of pyridine rings is 1. The fraction of sp³-hybridized carbons (Fsp3) is 0.615. The minimum absolute atomic E-state index is 0.0530. The van der Waals surface area contributed by atoms with Crippen LogP contribution in [0.1, 0.15) is 68.3 Å². The van der Waals surface area contributed by atoms with Gasteiger partial charge in [-0.1, -0.05) is 0 Å². The van der Waals surface area contributed by atoms with Gasteiger partial charge in [-0.25, -0.2) is 9.37 Å². The number of aliphatic hydroxyl groups is 1. The summed E-state index contributed by atoms with van der Waals surface area (Å²) in [5.74, 6) is -1.26. The van der Waals surface area contributed by atoms with Crippen molar-refractivity contribution in [2.75, 3.05) is 7.11 Å². The minimum atomic E-state index is -4.69. The molecule has 0 spiro atoms. The molecule has 2 aliphatic heterocycles. The molecule has 3 fully saturated rings. The highest BCUT2D eigenvalue weighted by atomic mass is 19.4. The van der Waals surface area contributed by atoms with Crippen molar-refractivity contribution >= 4 is 11.8 Å². The first-order chi connectivity index (χ1) is 18.5. The maximum Gasteiger partial charge on any atom is 0.417 e. The Kier molecular flexibility index (Phi) is 7.29. The molecule has 0 aromatic carbocycles. The molecule has 2 bridgehead atoms. The third-order valence-corrected chi connectivity index (χ3v) is 8.39. The standard InChI is InChI=1S/C26H31F4N5O4/c1-39-22-11-18(19(27)13-31-22)20-12-21(34-33-20)24(37)35-16-3-2-4-17(35)10-14(9-16)23(36)32-15-5-7-25(38,8-6-15)26(28,29)30/h11-17,38H,2-10H2,1H3,(H,32,36)(H,33,34)/t14-,15-,16-,17+,25-. The monoisotopic (exact) mass is 553 g/mol. The molecular weight excluding hydrogens is 522 g/mol. The molecule has 2 amide bonds. The predicted molar refractivity (Wildman–Crippen MR) is 130 cm³/mol. The molecule has 0 radical (unpaired) electrons. The molecule has 3 atom stereocenters. The Bertz CT molecular complexity index is 1210. The molecule has 13 heteroatoms. The number of hydrogen-bond acceptors (Lipinski definition) is 6. The smallest absolute Gasteiger partial charge is 0.417 e. The highest BCUT2D eigenvalue weighted by molar-refractivity contribution is 5.94. The maximum atomic E-state index is 14.4. The molecule has 2 aromatic heterocycles. The van der Waals surface area contributed by atoms with E-state index in [0.717, 1.165) is 25.5 Å². The van der Waals surface area contributed by atoms with Crippen LogP contribution in [0.3, 0.4) is 0 Å². The zero-order valence-corrected chi connectivity index (χ0v) is 21.4. The molecule has 5 rings (SSSR count). The summed E-state index contributed by atoms with van der Waals surface area (Å²) in [5, 5.41) is 19.6. The van der Waals surface area contributed by atoms with Crippen molar-refractivity contribution in [2.24, 2.45) is 5.92 Å². The lowest BCUT2D eigenvalue weighted by Crippen LogP contribution is -2.57. The van der Waals surface area contributed by atoms with Gasteiger partial charge in [0.1, 0.15) is 0 Å². The average molecular weight is 554 g/mol. The molecule has 9 nitrogen and oxygen atoms in total. The second-order valence-corrected chi connectivity index (χ2v) is 10.8. The van der Waals surface area contributed by atoms with E-state index in [2.05, 4.69) is 20.5 Å². The summed E-state index contributed by atoms with van der Waals surface area (Å²) < 4.78 is 58.7. The van der Waals surface area contributed by atoms with Gasteiger partial charge >= 0.3 is 6.18 Å². The molecule has 212 valence electrons. The largest absolute Gasteiger partial charge is 0.481 e. The quantitative estimate of drug-likeness (QED) is 0.486. The molecule has 1 aliphatic carbocycles. The van der Waals surface area contributed by atoms with E-state index in [1.165, 1.54) is 19.2 Å². The number of aromatic nitrogens is 3. The first-order valence-electron chi connectivity index (χ1n) is 13.2. The van der Waals surface area contributed by atoms with E-state index in [-0.39, 0.29) is 59.8 Å². The van der Waals surface area contributed by atoms with Crippen molar-refractivity contribution in [1.82, 2.24) is 25.4 Å². The van der Waals surface area contributed by atoms with Crippen molar-refractivity contribution in [2.45, 2.75) is 87.7 Å². The van der Waals surface area contributed by atoms with Crippen LogP contribution in [0.4, 0.5) is 17.6 Å². The lowest BCUT2D eigenvalue weighted by molar-refractivity contribution is -0.270. The molecule has 39 heavy (non-hydrogen) atoms. The summed E-state index contributed by atoms with van der Waals surface area (Å²) in [6.07, 6.45) is -1.18. The molecule has 0 unspecified atom stereocenters. The predicted octanol–water partition coefficient (Wildman–Crippen LogP) is 3.74. The van der Waals surface area contributed by atoms with Crippen LogP contribution in [0.2, 0.25) is 0 Å². The van der Waals surface area contributed by atoms with Crippen LogP contribution in [0.25, 0.3) is 11.3 Å². The summed E-state index contributed by atoms with van der Waals surface area (Å²) in [7, 11) is 1.41. The van der Waals surface area contributed by atoms with Gasteiger partial charge in [0, 0.05) is 35.7 Å². The van der Waals surface area contributed by atoms with Crippen LogP contribution < -0.4 is 10.1 Å². The van der Waals surface area contributed by atoms with Crippen molar-refractivity contribution in [3.8, 4) is 17.1 Å². The number of fused-ring (bicyclic) bond motifs is 2. The Balaban J connectivity index is 1.23. The number of nitrogens with one attached hydrogen (secondary N) is 2. The molecular formula is C26H31F4N5O4. The maximum absolute atomic E-state index is 14.4. The molecule has 3 N–H and O–H groups in total. The third-order valence-electron chi connectivity index (χ3n) is 8.39. The Hall–Kier alpha value is -3.22. The number of rotatable bonds is 5. The van der Waals surface area contributed by atoms with Crippen molar-refractivity contribution < 1.29 is 37.0 Å². The summed E-state index contributed by atoms with van der Waals surface area (Å²) in [4.78, 5) is 32.2. The summed E-state index contributed by atoms with van der Waals surface area (Å²) in [6, 6.07) is 2.11. The molecule has 1 saturated carbocycles. The number of hydrogen-bond donors (Lipinski definition) is 3. The van der Waals surface area contributed by atoms with Crippen molar-refractivity contribution in [3.63, 3.8) is 0 Å². The first-order valence-corrected chi connectivity index (χ1v) is 13.2. The minimum Gasteiger partial charge on any atom is -0.481 e. The third kappa shape index (κ3) is 5.32. The van der Waals surface area contributed by atoms with Crippen LogP contribution >= 0.6 is 0 Å². The van der Waals surface area contributed by atoms with E-state index in [9.17, 15) is 32.3 Å². The molecule has 2 aromatic rings. The van der Waals surface area contributed by atoms with Gasteiger partial charge in [-0.05, 0) is 63.9 Å². The topological polar surface area (TPSA) is 120 Å². The van der Waals surface area contributed by atoms with Crippen LogP contribution in [0, 0.1) is 11.7 Å². The van der Waals surface area contributed by atoms with Gasteiger partial charge in [0.05, 0.1) is 19.0 Å². The van der Waals surface area contributed by atoms with Gasteiger partial charge in [-0.2, -0.15) is 18.3 Å². The van der Waals surface area contributed by atoms with E-state index >= 15 is 0 Å². The second kappa shape index (κ2) is 10.4. The van der Waals surface area contributed by atoms with Gasteiger partial charge in [0.15, 0.2) is 17.1 Å². The number of carbonyl (C=O) groups excluding carboxylic acids is 2. The van der Waals surface area contributed by atoms with Gasteiger partial charge in [-0.3, -0.25) is 14.7 Å². The van der Waals surface area contributed by atoms with Gasteiger partial charge in [-0.15, -0.1) is 0 Å². The normalized spacial score (nSPS) is 29.1. The number of carbonyl (C=O) groups is 2. The van der Waals surface area contributed by atoms with Crippen LogP contribution in [-0.2, 0) is 4.79 Å². The van der Waals surface area contributed by atoms with Crippen LogP contribution in [0.15, 0.2) is 18.3 Å². The molecule has 4 heterocycles. The molecule has 2 saturated heterocycles. The summed E-state index contributed by atoms with van der Waals surface area (Å²) in [6.45, 7) is 0. The van der Waals surface area contributed by atoms with E-state index in [1.54, 1.807) is 4.90 Å². The number of H-pyrrole nitrogens is 1. The Morgan fingerprint density at radius 2 is 1.82 bits per heavy atom. The number of methoxy groups -OCH3 is 1. The Morgan fingerprint density at radius 1 is 1.15 bits per heavy atom. The SMILES string of the molecule is COc1cc(-c2cc(C(=O)N3[C@@H]4CCC[C@H]3C[C@H](C(=O)N[C@H]3CC[C@@](O)(C(F)(F)F)CC3)C4)n[nH]2)c(F)cn1. The second-order valence-electron chi connectivity index (χ2n) is 10.8. The highest BCUT2D eigenvalue weighted by Gasteiger charge is 2.55. The number of aromatic amines is 1. The summed E-state index contributed by atoms with van der Waals surface area (Å²) in [5.41, 5.74) is -2.08. The number of ether oxygens (including phenoxy) is 1. The number of halogens is 4. The summed E-state index contributed by atoms with van der Waals surface area (Å²) >= 11 is 0. The Labute approximate surface area is 222 Å². The lowest BCUT2D eigenvalue weighted by Gasteiger charge is -2.48. The number of nitrogens with zero attached hydrogens (tertiary/aromatic N) is 3. The number of alkyl halides is 3. The highest BCUT2D eigenvalue weighted by Crippen LogP contribution is 2.42. The van der Waals surface area contributed by atoms with Crippen LogP contribution in [-0.4, -0.2) is 74.0 Å². The van der Waals surface area contributed by atoms with Crippen LogP contribution in [0.5, 0.6) is 5.88 Å². The average Bonchev–Trinajstić information content (AvgIpc) is 3.38. The van der Waals surface area contributed by atoms with E-state index in [0.29, 0.717) is 18.5 Å². The fourth-order valence-corrected chi connectivity index (χ4v) is 6.21. The molecule has 3 aliphatic rings.